The predicted molar refractivity (Wildman–Crippen MR) is 122 cm³/mol. The van der Waals surface area contributed by atoms with Gasteiger partial charge in [0.2, 0.25) is 5.95 Å². The van der Waals surface area contributed by atoms with Gasteiger partial charge in [-0.05, 0) is 47.5 Å². The molecule has 1 amide bonds. The highest BCUT2D eigenvalue weighted by Gasteiger charge is 2.34. The number of terminal acetylenes is 1. The van der Waals surface area contributed by atoms with Crippen LogP contribution in [0.2, 0.25) is 0 Å². The van der Waals surface area contributed by atoms with Gasteiger partial charge in [0, 0.05) is 12.1 Å². The summed E-state index contributed by atoms with van der Waals surface area (Å²) in [4.78, 5) is 16.4. The number of fused-ring (bicyclic) bond motifs is 1. The molecule has 0 saturated carbocycles. The van der Waals surface area contributed by atoms with Crippen molar-refractivity contribution in [3.63, 3.8) is 0 Å². The Morgan fingerprint density at radius 1 is 1.06 bits per heavy atom. The Bertz CT molecular complexity index is 1450. The van der Waals surface area contributed by atoms with Gasteiger partial charge in [0.15, 0.2) is 0 Å². The van der Waals surface area contributed by atoms with Crippen LogP contribution in [0.15, 0.2) is 60.7 Å². The molecule has 3 aromatic carbocycles. The highest BCUT2D eigenvalue weighted by Crippen LogP contribution is 2.38. The number of alkyl halides is 3. The first-order valence-electron chi connectivity index (χ1n) is 10.3. The van der Waals surface area contributed by atoms with Crippen LogP contribution in [-0.4, -0.2) is 15.6 Å². The van der Waals surface area contributed by atoms with E-state index in [1.807, 2.05) is 0 Å². The van der Waals surface area contributed by atoms with E-state index >= 15 is 0 Å². The number of anilines is 1. The summed E-state index contributed by atoms with van der Waals surface area (Å²) >= 11 is 0. The molecule has 2 N–H and O–H groups in total. The second-order valence-electron chi connectivity index (χ2n) is 7.52. The fourth-order valence-electron chi connectivity index (χ4n) is 3.55. The zero-order valence-corrected chi connectivity index (χ0v) is 18.0. The molecule has 4 rings (SSSR count). The number of carbonyl (C=O) groups excluding carboxylic acids is 1. The van der Waals surface area contributed by atoms with Crippen LogP contribution in [0.5, 0.6) is 0 Å². The van der Waals surface area contributed by atoms with Crippen molar-refractivity contribution in [1.29, 1.82) is 0 Å². The summed E-state index contributed by atoms with van der Waals surface area (Å²) in [7, 11) is 0. The first kappa shape index (κ1) is 23.8. The molecular weight excluding hydrogens is 467 g/mol. The van der Waals surface area contributed by atoms with E-state index in [-0.39, 0.29) is 30.0 Å². The van der Waals surface area contributed by atoms with Crippen LogP contribution < -0.4 is 10.7 Å². The molecule has 4 aromatic rings. The molecule has 10 heteroatoms. The molecule has 1 aromatic heterocycles. The van der Waals surface area contributed by atoms with Crippen molar-refractivity contribution in [2.24, 2.45) is 0 Å². The van der Waals surface area contributed by atoms with Gasteiger partial charge in [-0.2, -0.15) is 13.2 Å². The number of nitrogens with one attached hydrogen (secondary N) is 2. The smallest absolute Gasteiger partial charge is 0.350 e. The third-order valence-electron chi connectivity index (χ3n) is 5.15. The minimum absolute atomic E-state index is 0.101. The largest absolute Gasteiger partial charge is 0.417 e. The van der Waals surface area contributed by atoms with Gasteiger partial charge in [-0.1, -0.05) is 30.2 Å². The average Bonchev–Trinajstić information content (AvgIpc) is 3.14. The third kappa shape index (κ3) is 5.09. The van der Waals surface area contributed by atoms with Crippen LogP contribution in [0.3, 0.4) is 0 Å². The fraction of sp³-hybridized carbons (Fsp3) is 0.120. The Hall–Kier alpha value is -4.39. The van der Waals surface area contributed by atoms with E-state index in [0.29, 0.717) is 23.2 Å². The Balaban J connectivity index is 1.62. The first-order chi connectivity index (χ1) is 16.7. The summed E-state index contributed by atoms with van der Waals surface area (Å²) in [5.41, 5.74) is 2.21. The van der Waals surface area contributed by atoms with Crippen LogP contribution in [-0.2, 0) is 17.5 Å². The Labute approximate surface area is 196 Å². The molecule has 0 aliphatic carbocycles. The number of nitrogens with zero attached hydrogens (tertiary/aromatic N) is 2. The lowest BCUT2D eigenvalue weighted by atomic mass is 9.97. The van der Waals surface area contributed by atoms with Gasteiger partial charge in [0.1, 0.15) is 11.6 Å². The van der Waals surface area contributed by atoms with Gasteiger partial charge in [0.25, 0.3) is 5.91 Å². The second kappa shape index (κ2) is 9.46. The number of rotatable bonds is 6. The molecule has 1 heterocycles. The van der Waals surface area contributed by atoms with E-state index in [2.05, 4.69) is 21.6 Å². The number of aromatic nitrogens is 2. The predicted octanol–water partition coefficient (Wildman–Crippen LogP) is 5.71. The summed E-state index contributed by atoms with van der Waals surface area (Å²) in [5, 5.41) is 2.92. The number of amides is 1. The van der Waals surface area contributed by atoms with Crippen molar-refractivity contribution >= 4 is 22.9 Å². The molecule has 178 valence electrons. The molecule has 35 heavy (non-hydrogen) atoms. The molecule has 0 unspecified atom stereocenters. The van der Waals surface area contributed by atoms with Gasteiger partial charge >= 0.3 is 6.18 Å². The summed E-state index contributed by atoms with van der Waals surface area (Å²) in [5.74, 6) is 0.313. The number of halogens is 5. The highest BCUT2D eigenvalue weighted by atomic mass is 19.4. The molecule has 5 nitrogen and oxygen atoms in total. The van der Waals surface area contributed by atoms with Crippen LogP contribution in [0.4, 0.5) is 27.9 Å². The van der Waals surface area contributed by atoms with Crippen molar-refractivity contribution in [3.05, 3.63) is 83.4 Å². The fourth-order valence-corrected chi connectivity index (χ4v) is 3.55. The summed E-state index contributed by atoms with van der Waals surface area (Å²) in [6, 6.07) is 12.5. The molecule has 0 aliphatic rings. The Kier molecular flexibility index (Phi) is 6.42. The molecule has 0 radical (unpaired) electrons. The van der Waals surface area contributed by atoms with Gasteiger partial charge in [0.05, 0.1) is 23.0 Å². The van der Waals surface area contributed by atoms with Gasteiger partial charge < -0.3 is 5.32 Å². The maximum Gasteiger partial charge on any atom is 0.417 e. The standard InChI is InChI=1S/C25H17F5N4O/c1-2-5-23(35)33-34-22-7-4-3-6-21(22)32-24(34)31-14-16-9-8-15(12-20(16)27)18-13-17(26)10-11-19(18)25(28,29)30/h1,3-4,6-13H,5,14H2,(H,31,32)(H,33,35). The van der Waals surface area contributed by atoms with Crippen molar-refractivity contribution in [1.82, 2.24) is 9.66 Å². The van der Waals surface area contributed by atoms with Crippen molar-refractivity contribution in [2.75, 3.05) is 10.7 Å². The van der Waals surface area contributed by atoms with E-state index < -0.39 is 34.8 Å². The molecular formula is C25H17F5N4O. The van der Waals surface area contributed by atoms with E-state index in [1.54, 1.807) is 24.3 Å². The number of benzene rings is 3. The topological polar surface area (TPSA) is 59.0 Å². The van der Waals surface area contributed by atoms with Crippen LogP contribution in [0, 0.1) is 24.0 Å². The maximum atomic E-state index is 14.8. The quantitative estimate of drug-likeness (QED) is 0.273. The van der Waals surface area contributed by atoms with Crippen LogP contribution in [0.25, 0.3) is 22.2 Å². The Morgan fingerprint density at radius 2 is 1.83 bits per heavy atom. The van der Waals surface area contributed by atoms with E-state index in [0.717, 1.165) is 12.1 Å². The highest BCUT2D eigenvalue weighted by molar-refractivity contribution is 5.89. The number of carbonyl (C=O) groups is 1. The lowest BCUT2D eigenvalue weighted by Crippen LogP contribution is -2.24. The van der Waals surface area contributed by atoms with Crippen molar-refractivity contribution in [3.8, 4) is 23.5 Å². The number of hydrogen-bond donors (Lipinski definition) is 2. The van der Waals surface area contributed by atoms with E-state index in [9.17, 15) is 26.7 Å². The van der Waals surface area contributed by atoms with Gasteiger partial charge in [-0.25, -0.2) is 18.4 Å². The molecule has 0 aliphatic heterocycles. The number of para-hydroxylation sites is 2. The third-order valence-corrected chi connectivity index (χ3v) is 5.15. The van der Waals surface area contributed by atoms with Crippen LogP contribution >= 0.6 is 0 Å². The number of hydrogen-bond acceptors (Lipinski definition) is 3. The summed E-state index contributed by atoms with van der Waals surface area (Å²) in [6.07, 6.45) is 0.282. The zero-order chi connectivity index (χ0) is 25.2. The lowest BCUT2D eigenvalue weighted by Gasteiger charge is -2.15. The Morgan fingerprint density at radius 3 is 2.54 bits per heavy atom. The summed E-state index contributed by atoms with van der Waals surface area (Å²) < 4.78 is 69.9. The van der Waals surface area contributed by atoms with E-state index in [1.165, 1.54) is 16.8 Å². The lowest BCUT2D eigenvalue weighted by molar-refractivity contribution is -0.137. The molecule has 0 spiro atoms. The van der Waals surface area contributed by atoms with Gasteiger partial charge in [-0.15, -0.1) is 6.42 Å². The zero-order valence-electron chi connectivity index (χ0n) is 18.0. The minimum Gasteiger partial charge on any atom is -0.350 e. The average molecular weight is 484 g/mol. The minimum atomic E-state index is -4.73. The second-order valence-corrected chi connectivity index (χ2v) is 7.52. The molecule has 0 saturated heterocycles. The molecule has 0 fully saturated rings. The first-order valence-corrected chi connectivity index (χ1v) is 10.3. The molecule has 0 atom stereocenters. The van der Waals surface area contributed by atoms with Crippen molar-refractivity contribution in [2.45, 2.75) is 19.1 Å². The monoisotopic (exact) mass is 484 g/mol. The maximum absolute atomic E-state index is 14.8. The van der Waals surface area contributed by atoms with Gasteiger partial charge in [-0.3, -0.25) is 10.2 Å². The van der Waals surface area contributed by atoms with Crippen molar-refractivity contribution < 1.29 is 26.7 Å². The van der Waals surface area contributed by atoms with Crippen LogP contribution in [0.1, 0.15) is 17.5 Å². The number of imidazole rings is 1. The normalized spacial score (nSPS) is 11.3. The molecule has 0 bridgehead atoms. The van der Waals surface area contributed by atoms with E-state index in [4.69, 9.17) is 6.42 Å². The summed E-state index contributed by atoms with van der Waals surface area (Å²) in [6.45, 7) is -0.101. The SMILES string of the molecule is C#CCC(=O)Nn1c(NCc2ccc(-c3cc(F)ccc3C(F)(F)F)cc2F)nc2ccccc21.